The summed E-state index contributed by atoms with van der Waals surface area (Å²) in [5, 5.41) is 265. The van der Waals surface area contributed by atoms with Crippen LogP contribution in [-0.2, 0) is 75.8 Å². The molecule has 40 nitrogen and oxygen atoms in total. The molecule has 0 saturated carbocycles. The maximum absolute atomic E-state index is 11.4. The molecule has 0 aliphatic carbocycles. The number of rotatable bonds is 8. The summed E-state index contributed by atoms with van der Waals surface area (Å²) in [6.07, 6.45) is -82.0. The van der Waals surface area contributed by atoms with Gasteiger partial charge in [0.1, 0.15) is 195 Å². The number of aliphatic hydroxyl groups excluding tert-OH is 24. The molecular weight excluding hydrogens is 1220 g/mol. The normalized spacial score (nSPS) is 55.4. The third-order valence-corrected chi connectivity index (χ3v) is 16.9. The Kier molecular flexibility index (Phi) is 24.1. The number of ether oxygens (including phenoxy) is 16. The van der Waals surface area contributed by atoms with Crippen LogP contribution < -0.4 is 0 Å². The molecular formula is C48H80O40. The van der Waals surface area contributed by atoms with E-state index in [9.17, 15) is 123 Å². The highest BCUT2D eigenvalue weighted by Crippen LogP contribution is 2.40. The van der Waals surface area contributed by atoms with Gasteiger partial charge in [0.2, 0.25) is 0 Å². The van der Waals surface area contributed by atoms with Crippen molar-refractivity contribution in [3.8, 4) is 0 Å². The highest BCUT2D eigenvalue weighted by atomic mass is 16.8. The fourth-order valence-electron chi connectivity index (χ4n) is 11.9. The average molecular weight is 1300 g/mol. The molecule has 0 aromatic carbocycles. The van der Waals surface area contributed by atoms with Crippen molar-refractivity contribution in [2.24, 2.45) is 0 Å². The van der Waals surface area contributed by atoms with Gasteiger partial charge in [-0.05, 0) is 0 Å². The Morgan fingerprint density at radius 2 is 0.227 bits per heavy atom. The minimum Gasteiger partial charge on any atom is -0.394 e. The summed E-state index contributed by atoms with van der Waals surface area (Å²) in [6, 6.07) is 0. The van der Waals surface area contributed by atoms with E-state index in [1.807, 2.05) is 0 Å². The lowest BCUT2D eigenvalue weighted by atomic mass is 9.94. The summed E-state index contributed by atoms with van der Waals surface area (Å²) in [6.45, 7) is -8.64. The smallest absolute Gasteiger partial charge is 0.187 e. The van der Waals surface area contributed by atoms with Crippen molar-refractivity contribution in [3.05, 3.63) is 0 Å². The van der Waals surface area contributed by atoms with E-state index >= 15 is 0 Å². The molecule has 0 aromatic rings. The van der Waals surface area contributed by atoms with Crippen LogP contribution in [-0.4, -0.2) is 421 Å². The van der Waals surface area contributed by atoms with Crippen LogP contribution in [0.25, 0.3) is 0 Å². The van der Waals surface area contributed by atoms with Crippen LogP contribution in [0.4, 0.5) is 0 Å². The summed E-state index contributed by atoms with van der Waals surface area (Å²) >= 11 is 0. The molecule has 11 unspecified atom stereocenters. The molecule has 30 fully saturated rings. The predicted molar refractivity (Wildman–Crippen MR) is 261 cm³/mol. The summed E-state index contributed by atoms with van der Waals surface area (Å²) in [4.78, 5) is 0. The Hall–Kier alpha value is -1.60. The van der Waals surface area contributed by atoms with Crippen molar-refractivity contribution in [2.75, 3.05) is 52.9 Å². The van der Waals surface area contributed by atoms with Gasteiger partial charge >= 0.3 is 0 Å². The van der Waals surface area contributed by atoms with Crippen LogP contribution in [0.15, 0.2) is 0 Å². The summed E-state index contributed by atoms with van der Waals surface area (Å²) in [5.41, 5.74) is 0. The average Bonchev–Trinajstić information content (AvgIpc) is 1.43. The predicted octanol–water partition coefficient (Wildman–Crippen LogP) is -17.4. The van der Waals surface area contributed by atoms with Crippen molar-refractivity contribution >= 4 is 0 Å². The second kappa shape index (κ2) is 30.0. The van der Waals surface area contributed by atoms with Gasteiger partial charge in [-0.3, -0.25) is 0 Å². The number of aliphatic hydroxyl groups is 24. The van der Waals surface area contributed by atoms with E-state index in [-0.39, 0.29) is 0 Å². The molecule has 40 heteroatoms. The zero-order valence-corrected chi connectivity index (χ0v) is 46.0. The van der Waals surface area contributed by atoms with Crippen molar-refractivity contribution in [1.82, 2.24) is 0 Å². The highest BCUT2D eigenvalue weighted by Gasteiger charge is 2.60. The first kappa shape index (κ1) is 70.7. The minimum atomic E-state index is -2.25. The third kappa shape index (κ3) is 13.8. The molecule has 0 radical (unpaired) electrons. The number of hydrogen-bond donors (Lipinski definition) is 24. The van der Waals surface area contributed by atoms with Crippen LogP contribution in [0.2, 0.25) is 0 Å². The molecule has 0 aromatic heterocycles. The summed E-state index contributed by atoms with van der Waals surface area (Å²) in [7, 11) is 0. The zero-order chi connectivity index (χ0) is 64.1. The molecule has 88 heavy (non-hydrogen) atoms. The Balaban J connectivity index is 0.975. The van der Waals surface area contributed by atoms with Crippen molar-refractivity contribution < 1.29 is 198 Å². The van der Waals surface area contributed by atoms with E-state index in [1.54, 1.807) is 0 Å². The molecule has 30 rings (SSSR count). The largest absolute Gasteiger partial charge is 0.394 e. The summed E-state index contributed by atoms with van der Waals surface area (Å²) < 4.78 is 91.1. The third-order valence-electron chi connectivity index (χ3n) is 16.9. The van der Waals surface area contributed by atoms with Gasteiger partial charge in [0, 0.05) is 0 Å². The Morgan fingerprint density at radius 1 is 0.136 bits per heavy atom. The van der Waals surface area contributed by atoms with Crippen LogP contribution in [0.1, 0.15) is 0 Å². The molecule has 16 bridgehead atoms. The molecule has 30 saturated heterocycles. The molecule has 40 atom stereocenters. The first-order chi connectivity index (χ1) is 41.9. The van der Waals surface area contributed by atoms with E-state index in [4.69, 9.17) is 75.8 Å². The fourth-order valence-corrected chi connectivity index (χ4v) is 11.9. The van der Waals surface area contributed by atoms with Crippen LogP contribution in [0.3, 0.4) is 0 Å². The van der Waals surface area contributed by atoms with Gasteiger partial charge in [-0.15, -0.1) is 0 Å². The van der Waals surface area contributed by atoms with Gasteiger partial charge in [-0.25, -0.2) is 0 Å². The van der Waals surface area contributed by atoms with E-state index in [2.05, 4.69) is 0 Å². The lowest BCUT2D eigenvalue weighted by Crippen LogP contribution is -2.69. The van der Waals surface area contributed by atoms with E-state index < -0.39 is 299 Å². The van der Waals surface area contributed by atoms with Gasteiger partial charge in [0.05, 0.1) is 52.9 Å². The standard InChI is InChI=1S/C48H80O40/c49-1-9-33-17(57)25(65)41(73-9)82-34-10(2-50)75-43(27(67)19(34)59)84-36-12(4-52)77-45(29(69)21(36)61)86-38-14(6-54)79-47(31(71)23(38)63)88-40-16(8-56)80-48(32(72)24(40)64)87-39-15(7-55)78-46(30(70)22(39)62)85-37-13(5-53)76-44(28(68)20(37)60)83-35-11(3-51)74-42(81-33)26(66)18(35)58/h9-72H,1-8H2/t9-,10-,11-,12-,13-,14-,15-,16-,17-,18-,19-,20-,21-,22-,23-,24-,25+,26+,27+,28+,29+,30+,31+,32+,33-,34+,35+,36-,37?,38+,39?,40?,41?,42?,43?,44?,45?,46?,47?,48?/m1/s1. The molecule has 0 amide bonds. The topological polar surface area (TPSA) is 633 Å². The van der Waals surface area contributed by atoms with Gasteiger partial charge in [-0.1, -0.05) is 0 Å². The van der Waals surface area contributed by atoms with E-state index in [0.29, 0.717) is 0 Å². The molecule has 0 spiro atoms. The van der Waals surface area contributed by atoms with Gasteiger partial charge in [0.15, 0.2) is 50.3 Å². The van der Waals surface area contributed by atoms with Crippen LogP contribution in [0, 0.1) is 0 Å². The van der Waals surface area contributed by atoms with Crippen molar-refractivity contribution in [2.45, 2.75) is 246 Å². The Bertz CT molecular complexity index is 1700. The maximum Gasteiger partial charge on any atom is 0.187 e. The SMILES string of the molecule is OC[C@H]1OC2OC3[C@@H](CO)OC(OC4[C@@H](CO)OC(O[C@@H]5[C@H](O)[C@H](O)C(O[C@H]6[C@H](O)[C@H](O)C(O[C@@H]7[C@H](O)[C@H](O)C(O[C@H]8[C@H](O)[C@H](O)C(O[C@@H]9[C@H](O)[C@H](O)C(OC1[C@H](O)[C@@H]2O)O[C@@H]9CO)O[C@@H]8CO)O[C@@H]7CO)O[C@@H]6CO)O[C@@H]5CO)[C@@H](O)[C@H]4O)[C@@H](O)[C@H]3O. The summed E-state index contributed by atoms with van der Waals surface area (Å²) in [5.74, 6) is 0. The van der Waals surface area contributed by atoms with Crippen molar-refractivity contribution in [1.29, 1.82) is 0 Å². The first-order valence-electron chi connectivity index (χ1n) is 28.1. The molecule has 30 aliphatic rings. The van der Waals surface area contributed by atoms with Gasteiger partial charge < -0.3 is 198 Å². The quantitative estimate of drug-likeness (QED) is 0.107. The van der Waals surface area contributed by atoms with E-state index in [0.717, 1.165) is 0 Å². The second-order valence-corrected chi connectivity index (χ2v) is 22.5. The molecule has 24 N–H and O–H groups in total. The minimum absolute atomic E-state index is 1.08. The van der Waals surface area contributed by atoms with E-state index in [1.165, 1.54) is 0 Å². The Labute approximate surface area is 496 Å². The fraction of sp³-hybridized carbons (Fsp3) is 1.00. The second-order valence-electron chi connectivity index (χ2n) is 22.5. The monoisotopic (exact) mass is 1300 g/mol. The van der Waals surface area contributed by atoms with Gasteiger partial charge in [0.25, 0.3) is 0 Å². The lowest BCUT2D eigenvalue weighted by molar-refractivity contribution is -0.404. The molecule has 512 valence electrons. The Morgan fingerprint density at radius 3 is 0.307 bits per heavy atom. The highest BCUT2D eigenvalue weighted by molar-refractivity contribution is 5.02. The van der Waals surface area contributed by atoms with Crippen LogP contribution in [0.5, 0.6) is 0 Å². The number of hydrogen-bond acceptors (Lipinski definition) is 40. The maximum atomic E-state index is 11.4. The van der Waals surface area contributed by atoms with Gasteiger partial charge in [-0.2, -0.15) is 0 Å². The lowest BCUT2D eigenvalue weighted by Gasteiger charge is -2.50. The first-order valence-corrected chi connectivity index (χ1v) is 28.1. The van der Waals surface area contributed by atoms with Crippen LogP contribution >= 0.6 is 0 Å². The molecule has 30 heterocycles. The van der Waals surface area contributed by atoms with Crippen molar-refractivity contribution in [3.63, 3.8) is 0 Å². The molecule has 30 aliphatic heterocycles. The zero-order valence-electron chi connectivity index (χ0n) is 46.0.